The third-order valence-corrected chi connectivity index (χ3v) is 2.63. The standard InChI is InChI=1S/C15H28O2/c1-3-5-7-8-9-10-11-12-13-15(16)17-14-6-4-2/h7-8H,3-6,9-14H2,1-2H3. The predicted molar refractivity (Wildman–Crippen MR) is 73.0 cm³/mol. The van der Waals surface area contributed by atoms with Crippen LogP contribution in [0, 0.1) is 0 Å². The lowest BCUT2D eigenvalue weighted by molar-refractivity contribution is -0.143. The number of allylic oxidation sites excluding steroid dienone is 2. The van der Waals surface area contributed by atoms with Crippen molar-refractivity contribution in [2.24, 2.45) is 0 Å². The molecule has 0 aliphatic heterocycles. The van der Waals surface area contributed by atoms with Crippen LogP contribution in [-0.2, 0) is 9.53 Å². The number of hydrogen-bond acceptors (Lipinski definition) is 2. The highest BCUT2D eigenvalue weighted by Crippen LogP contribution is 2.05. The summed E-state index contributed by atoms with van der Waals surface area (Å²) in [7, 11) is 0. The third-order valence-electron chi connectivity index (χ3n) is 2.63. The van der Waals surface area contributed by atoms with Crippen LogP contribution in [0.15, 0.2) is 12.2 Å². The van der Waals surface area contributed by atoms with E-state index < -0.39 is 0 Å². The van der Waals surface area contributed by atoms with E-state index in [9.17, 15) is 4.79 Å². The summed E-state index contributed by atoms with van der Waals surface area (Å²) in [5, 5.41) is 0. The van der Waals surface area contributed by atoms with E-state index in [0.29, 0.717) is 13.0 Å². The van der Waals surface area contributed by atoms with Crippen LogP contribution < -0.4 is 0 Å². The van der Waals surface area contributed by atoms with E-state index in [-0.39, 0.29) is 5.97 Å². The van der Waals surface area contributed by atoms with Gasteiger partial charge in [-0.2, -0.15) is 0 Å². The van der Waals surface area contributed by atoms with Gasteiger partial charge in [-0.05, 0) is 32.1 Å². The lowest BCUT2D eigenvalue weighted by atomic mass is 10.1. The average Bonchev–Trinajstić information content (AvgIpc) is 2.33. The lowest BCUT2D eigenvalue weighted by Gasteiger charge is -2.03. The van der Waals surface area contributed by atoms with Crippen molar-refractivity contribution in [3.8, 4) is 0 Å². The molecule has 2 heteroatoms. The molecule has 0 amide bonds. The number of unbranched alkanes of at least 4 members (excludes halogenated alkanes) is 5. The van der Waals surface area contributed by atoms with Crippen molar-refractivity contribution in [1.29, 1.82) is 0 Å². The molecule has 0 aliphatic carbocycles. The van der Waals surface area contributed by atoms with Crippen LogP contribution in [0.1, 0.15) is 71.6 Å². The molecule has 0 unspecified atom stereocenters. The maximum absolute atomic E-state index is 11.3. The zero-order chi connectivity index (χ0) is 12.8. The molecule has 0 radical (unpaired) electrons. The quantitative estimate of drug-likeness (QED) is 0.299. The van der Waals surface area contributed by atoms with Crippen molar-refractivity contribution >= 4 is 5.97 Å². The molecule has 0 atom stereocenters. The second-order valence-corrected chi connectivity index (χ2v) is 4.43. The molecule has 0 heterocycles. The van der Waals surface area contributed by atoms with Gasteiger partial charge in [0.1, 0.15) is 0 Å². The van der Waals surface area contributed by atoms with Gasteiger partial charge in [0.2, 0.25) is 0 Å². The van der Waals surface area contributed by atoms with Gasteiger partial charge in [0.25, 0.3) is 0 Å². The van der Waals surface area contributed by atoms with Gasteiger partial charge < -0.3 is 4.74 Å². The Bertz CT molecular complexity index is 197. The summed E-state index contributed by atoms with van der Waals surface area (Å²) in [5.41, 5.74) is 0. The van der Waals surface area contributed by atoms with Gasteiger partial charge in [0.15, 0.2) is 0 Å². The fourth-order valence-electron chi connectivity index (χ4n) is 1.51. The second-order valence-electron chi connectivity index (χ2n) is 4.43. The van der Waals surface area contributed by atoms with E-state index in [1.165, 1.54) is 19.3 Å². The molecule has 0 rings (SSSR count). The van der Waals surface area contributed by atoms with Gasteiger partial charge in [0.05, 0.1) is 6.61 Å². The molecule has 17 heavy (non-hydrogen) atoms. The van der Waals surface area contributed by atoms with E-state index in [1.807, 2.05) is 0 Å². The van der Waals surface area contributed by atoms with Crippen molar-refractivity contribution in [3.63, 3.8) is 0 Å². The molecule has 0 aliphatic rings. The smallest absolute Gasteiger partial charge is 0.305 e. The first-order valence-electron chi connectivity index (χ1n) is 7.11. The largest absolute Gasteiger partial charge is 0.466 e. The van der Waals surface area contributed by atoms with E-state index in [4.69, 9.17) is 4.74 Å². The molecule has 0 aromatic carbocycles. The molecule has 0 aromatic rings. The molecule has 0 bridgehead atoms. The van der Waals surface area contributed by atoms with Gasteiger partial charge in [-0.1, -0.05) is 45.3 Å². The minimum Gasteiger partial charge on any atom is -0.466 e. The highest BCUT2D eigenvalue weighted by Gasteiger charge is 2.01. The zero-order valence-corrected chi connectivity index (χ0v) is 11.5. The number of rotatable bonds is 11. The molecule has 0 fully saturated rings. The molecular weight excluding hydrogens is 212 g/mol. The Kier molecular flexibility index (Phi) is 12.7. The van der Waals surface area contributed by atoms with Crippen molar-refractivity contribution < 1.29 is 9.53 Å². The van der Waals surface area contributed by atoms with Crippen LogP contribution in [0.4, 0.5) is 0 Å². The Morgan fingerprint density at radius 3 is 2.41 bits per heavy atom. The number of carbonyl (C=O) groups is 1. The molecule has 0 spiro atoms. The van der Waals surface area contributed by atoms with E-state index in [1.54, 1.807) is 0 Å². The third kappa shape index (κ3) is 13.1. The maximum Gasteiger partial charge on any atom is 0.305 e. The Labute approximate surface area is 106 Å². The van der Waals surface area contributed by atoms with Crippen LogP contribution in [0.2, 0.25) is 0 Å². The number of esters is 1. The SMILES string of the molecule is CCCC=CCCCCCC(=O)OCCCC. The van der Waals surface area contributed by atoms with E-state index in [0.717, 1.165) is 32.1 Å². The zero-order valence-electron chi connectivity index (χ0n) is 11.5. The molecule has 2 nitrogen and oxygen atoms in total. The first-order chi connectivity index (χ1) is 8.31. The Balaban J connectivity index is 3.19. The molecule has 0 saturated heterocycles. The fourth-order valence-corrected chi connectivity index (χ4v) is 1.51. The number of ether oxygens (including phenoxy) is 1. The summed E-state index contributed by atoms with van der Waals surface area (Å²) in [6.07, 6.45) is 14.0. The van der Waals surface area contributed by atoms with Gasteiger partial charge in [-0.25, -0.2) is 0 Å². The summed E-state index contributed by atoms with van der Waals surface area (Å²) in [4.78, 5) is 11.3. The summed E-state index contributed by atoms with van der Waals surface area (Å²) in [5.74, 6) is -0.0278. The first kappa shape index (κ1) is 16.2. The first-order valence-corrected chi connectivity index (χ1v) is 7.11. The van der Waals surface area contributed by atoms with E-state index in [2.05, 4.69) is 26.0 Å². The van der Waals surface area contributed by atoms with Crippen LogP contribution in [0.3, 0.4) is 0 Å². The normalized spacial score (nSPS) is 10.9. The van der Waals surface area contributed by atoms with Crippen molar-refractivity contribution in [2.45, 2.75) is 71.6 Å². The minimum absolute atomic E-state index is 0.0278. The molecule has 100 valence electrons. The van der Waals surface area contributed by atoms with E-state index >= 15 is 0 Å². The maximum atomic E-state index is 11.3. The highest BCUT2D eigenvalue weighted by molar-refractivity contribution is 5.69. The van der Waals surface area contributed by atoms with Crippen LogP contribution in [0.25, 0.3) is 0 Å². The number of hydrogen-bond donors (Lipinski definition) is 0. The summed E-state index contributed by atoms with van der Waals surface area (Å²) in [6.45, 7) is 4.88. The summed E-state index contributed by atoms with van der Waals surface area (Å²) in [6, 6.07) is 0. The Morgan fingerprint density at radius 1 is 0.941 bits per heavy atom. The van der Waals surface area contributed by atoms with Gasteiger partial charge in [-0.3, -0.25) is 4.79 Å². The molecule has 0 N–H and O–H groups in total. The topological polar surface area (TPSA) is 26.3 Å². The average molecular weight is 240 g/mol. The van der Waals surface area contributed by atoms with Gasteiger partial charge in [0, 0.05) is 6.42 Å². The van der Waals surface area contributed by atoms with Crippen LogP contribution >= 0.6 is 0 Å². The number of carbonyl (C=O) groups excluding carboxylic acids is 1. The predicted octanol–water partition coefficient (Wildman–Crippen LogP) is 4.64. The molecule has 0 aromatic heterocycles. The highest BCUT2D eigenvalue weighted by atomic mass is 16.5. The molecular formula is C15H28O2. The lowest BCUT2D eigenvalue weighted by Crippen LogP contribution is -2.05. The van der Waals surface area contributed by atoms with Crippen molar-refractivity contribution in [3.05, 3.63) is 12.2 Å². The van der Waals surface area contributed by atoms with Crippen molar-refractivity contribution in [2.75, 3.05) is 6.61 Å². The Hall–Kier alpha value is -0.790. The second kappa shape index (κ2) is 13.3. The fraction of sp³-hybridized carbons (Fsp3) is 0.800. The summed E-state index contributed by atoms with van der Waals surface area (Å²) < 4.78 is 5.09. The summed E-state index contributed by atoms with van der Waals surface area (Å²) >= 11 is 0. The minimum atomic E-state index is -0.0278. The van der Waals surface area contributed by atoms with Gasteiger partial charge >= 0.3 is 5.97 Å². The van der Waals surface area contributed by atoms with Gasteiger partial charge in [-0.15, -0.1) is 0 Å². The van der Waals surface area contributed by atoms with Crippen molar-refractivity contribution in [1.82, 2.24) is 0 Å². The van der Waals surface area contributed by atoms with Crippen LogP contribution in [0.5, 0.6) is 0 Å². The molecule has 0 saturated carbocycles. The monoisotopic (exact) mass is 240 g/mol. The van der Waals surface area contributed by atoms with Crippen LogP contribution in [-0.4, -0.2) is 12.6 Å². The Morgan fingerprint density at radius 2 is 1.71 bits per heavy atom.